The largest absolute Gasteiger partial charge is 0.330 e. The van der Waals surface area contributed by atoms with Crippen LogP contribution in [0.4, 0.5) is 4.79 Å². The van der Waals surface area contributed by atoms with Gasteiger partial charge in [0.05, 0.1) is 0 Å². The van der Waals surface area contributed by atoms with Gasteiger partial charge in [-0.3, -0.25) is 0 Å². The van der Waals surface area contributed by atoms with Crippen LogP contribution in [0.1, 0.15) is 64.5 Å². The number of carbonyl (C=O) groups excluding carboxylic acids is 1. The molecule has 1 saturated heterocycles. The van der Waals surface area contributed by atoms with E-state index < -0.39 is 0 Å². The molecule has 5 heteroatoms. The zero-order valence-electron chi connectivity index (χ0n) is 15.4. The Hall–Kier alpha value is -1.52. The quantitative estimate of drug-likeness (QED) is 0.803. The molecule has 0 N–H and O–H groups in total. The molecular formula is C18H32N4O. The van der Waals surface area contributed by atoms with Crippen LogP contribution < -0.4 is 0 Å². The fourth-order valence-electron chi connectivity index (χ4n) is 3.75. The highest BCUT2D eigenvalue weighted by Crippen LogP contribution is 2.24. The summed E-state index contributed by atoms with van der Waals surface area (Å²) in [6, 6.07) is 1.01. The first-order valence-corrected chi connectivity index (χ1v) is 9.07. The smallest absolute Gasteiger partial charge is 0.320 e. The van der Waals surface area contributed by atoms with E-state index >= 15 is 0 Å². The van der Waals surface area contributed by atoms with Gasteiger partial charge < -0.3 is 14.4 Å². The van der Waals surface area contributed by atoms with Crippen LogP contribution in [0.2, 0.25) is 0 Å². The summed E-state index contributed by atoms with van der Waals surface area (Å²) in [5.74, 6) is 1.15. The lowest BCUT2D eigenvalue weighted by Gasteiger charge is -2.30. The molecule has 1 aromatic heterocycles. The molecule has 0 saturated carbocycles. The van der Waals surface area contributed by atoms with E-state index in [-0.39, 0.29) is 6.03 Å². The SMILES string of the molecule is CCN(CC)C(=O)N1CCCC1CCc1ncc(C)n1C(C)C. The molecule has 2 heterocycles. The molecule has 1 atom stereocenters. The van der Waals surface area contributed by atoms with Gasteiger partial charge in [0.15, 0.2) is 0 Å². The molecule has 1 aliphatic rings. The molecule has 0 aromatic carbocycles. The van der Waals surface area contributed by atoms with E-state index in [1.165, 1.54) is 5.69 Å². The highest BCUT2D eigenvalue weighted by molar-refractivity contribution is 5.75. The summed E-state index contributed by atoms with van der Waals surface area (Å²) in [5.41, 5.74) is 1.22. The number of nitrogens with zero attached hydrogens (tertiary/aromatic N) is 4. The number of hydrogen-bond donors (Lipinski definition) is 0. The van der Waals surface area contributed by atoms with Gasteiger partial charge in [0, 0.05) is 50.0 Å². The first-order chi connectivity index (χ1) is 11.0. The maximum atomic E-state index is 12.6. The molecule has 0 aliphatic carbocycles. The topological polar surface area (TPSA) is 41.4 Å². The molecule has 0 radical (unpaired) electrons. The third kappa shape index (κ3) is 3.88. The molecule has 5 nitrogen and oxygen atoms in total. The molecule has 1 aliphatic heterocycles. The van der Waals surface area contributed by atoms with Crippen LogP contribution in [0.25, 0.3) is 0 Å². The number of urea groups is 1. The van der Waals surface area contributed by atoms with Crippen molar-refractivity contribution in [3.8, 4) is 0 Å². The molecule has 130 valence electrons. The van der Waals surface area contributed by atoms with Crippen LogP contribution in [0.3, 0.4) is 0 Å². The lowest BCUT2D eigenvalue weighted by atomic mass is 10.1. The predicted molar refractivity (Wildman–Crippen MR) is 93.7 cm³/mol. The van der Waals surface area contributed by atoms with Gasteiger partial charge in [-0.2, -0.15) is 0 Å². The zero-order valence-corrected chi connectivity index (χ0v) is 15.4. The Balaban J connectivity index is 2.01. The predicted octanol–water partition coefficient (Wildman–Crippen LogP) is 3.63. The Morgan fingerprint density at radius 1 is 1.39 bits per heavy atom. The number of hydrogen-bond acceptors (Lipinski definition) is 2. The maximum absolute atomic E-state index is 12.6. The number of likely N-dealkylation sites (tertiary alicyclic amines) is 1. The Morgan fingerprint density at radius 3 is 2.70 bits per heavy atom. The molecule has 2 amide bonds. The Bertz CT molecular complexity index is 519. The number of aromatic nitrogens is 2. The van der Waals surface area contributed by atoms with Gasteiger partial charge in [0.2, 0.25) is 0 Å². The minimum Gasteiger partial charge on any atom is -0.330 e. The van der Waals surface area contributed by atoms with Gasteiger partial charge in [0.25, 0.3) is 0 Å². The monoisotopic (exact) mass is 320 g/mol. The third-order valence-electron chi connectivity index (χ3n) is 4.93. The third-order valence-corrected chi connectivity index (χ3v) is 4.93. The van der Waals surface area contributed by atoms with E-state index in [0.29, 0.717) is 12.1 Å². The lowest BCUT2D eigenvalue weighted by Crippen LogP contribution is -2.45. The molecular weight excluding hydrogens is 288 g/mol. The van der Waals surface area contributed by atoms with Crippen molar-refractivity contribution in [3.05, 3.63) is 17.7 Å². The van der Waals surface area contributed by atoms with E-state index in [9.17, 15) is 4.79 Å². The Morgan fingerprint density at radius 2 is 2.09 bits per heavy atom. The van der Waals surface area contributed by atoms with Crippen molar-refractivity contribution in [1.29, 1.82) is 0 Å². The highest BCUT2D eigenvalue weighted by atomic mass is 16.2. The average Bonchev–Trinajstić information content (AvgIpc) is 3.12. The van der Waals surface area contributed by atoms with Gasteiger partial charge in [0.1, 0.15) is 5.82 Å². The van der Waals surface area contributed by atoms with E-state index in [0.717, 1.165) is 51.1 Å². The zero-order chi connectivity index (χ0) is 17.0. The van der Waals surface area contributed by atoms with E-state index in [1.807, 2.05) is 11.1 Å². The molecule has 23 heavy (non-hydrogen) atoms. The number of carbonyl (C=O) groups is 1. The van der Waals surface area contributed by atoms with Gasteiger partial charge in [-0.15, -0.1) is 0 Å². The second kappa shape index (κ2) is 7.84. The van der Waals surface area contributed by atoms with Crippen LogP contribution in [0, 0.1) is 6.92 Å². The van der Waals surface area contributed by atoms with Crippen LogP contribution in [-0.4, -0.2) is 51.1 Å². The normalized spacial score (nSPS) is 18.0. The summed E-state index contributed by atoms with van der Waals surface area (Å²) in [4.78, 5) is 21.2. The van der Waals surface area contributed by atoms with Gasteiger partial charge in [-0.05, 0) is 53.9 Å². The molecule has 0 spiro atoms. The van der Waals surface area contributed by atoms with Crippen molar-refractivity contribution in [1.82, 2.24) is 19.4 Å². The minimum absolute atomic E-state index is 0.209. The van der Waals surface area contributed by atoms with Gasteiger partial charge >= 0.3 is 6.03 Å². The second-order valence-corrected chi connectivity index (χ2v) is 6.76. The summed E-state index contributed by atoms with van der Waals surface area (Å²) >= 11 is 0. The van der Waals surface area contributed by atoms with Crippen molar-refractivity contribution in [2.45, 2.75) is 72.4 Å². The Kier molecular flexibility index (Phi) is 6.08. The average molecular weight is 320 g/mol. The standard InChI is InChI=1S/C18H32N4O/c1-6-20(7-2)18(23)21-12-8-9-16(21)10-11-17-19-13-15(5)22(17)14(3)4/h13-14,16H,6-12H2,1-5H3. The van der Waals surface area contributed by atoms with Crippen LogP contribution in [0.5, 0.6) is 0 Å². The van der Waals surface area contributed by atoms with Crippen molar-refractivity contribution in [3.63, 3.8) is 0 Å². The number of rotatable bonds is 6. The molecule has 1 unspecified atom stereocenters. The summed E-state index contributed by atoms with van der Waals surface area (Å²) < 4.78 is 2.31. The molecule has 1 fully saturated rings. The minimum atomic E-state index is 0.209. The second-order valence-electron chi connectivity index (χ2n) is 6.76. The number of aryl methyl sites for hydroxylation is 2. The summed E-state index contributed by atoms with van der Waals surface area (Å²) in [7, 11) is 0. The summed E-state index contributed by atoms with van der Waals surface area (Å²) in [6.45, 7) is 13.1. The van der Waals surface area contributed by atoms with Crippen molar-refractivity contribution in [2.75, 3.05) is 19.6 Å². The first kappa shape index (κ1) is 17.8. The highest BCUT2D eigenvalue weighted by Gasteiger charge is 2.30. The summed E-state index contributed by atoms with van der Waals surface area (Å²) in [5, 5.41) is 0. The van der Waals surface area contributed by atoms with Gasteiger partial charge in [-0.1, -0.05) is 0 Å². The lowest BCUT2D eigenvalue weighted by molar-refractivity contribution is 0.150. The van der Waals surface area contributed by atoms with Crippen LogP contribution in [0.15, 0.2) is 6.20 Å². The van der Waals surface area contributed by atoms with E-state index in [4.69, 9.17) is 0 Å². The molecule has 0 bridgehead atoms. The van der Waals surface area contributed by atoms with Crippen molar-refractivity contribution >= 4 is 6.03 Å². The van der Waals surface area contributed by atoms with Crippen molar-refractivity contribution in [2.24, 2.45) is 0 Å². The van der Waals surface area contributed by atoms with Crippen LogP contribution in [-0.2, 0) is 6.42 Å². The first-order valence-electron chi connectivity index (χ1n) is 9.07. The summed E-state index contributed by atoms with van der Waals surface area (Å²) in [6.07, 6.45) is 6.15. The maximum Gasteiger partial charge on any atom is 0.320 e. The van der Waals surface area contributed by atoms with Gasteiger partial charge in [-0.25, -0.2) is 9.78 Å². The number of imidazole rings is 1. The number of amides is 2. The van der Waals surface area contributed by atoms with Crippen molar-refractivity contribution < 1.29 is 4.79 Å². The fraction of sp³-hybridized carbons (Fsp3) is 0.778. The Labute approximate surface area is 140 Å². The van der Waals surface area contributed by atoms with E-state index in [2.05, 4.69) is 49.1 Å². The fourth-order valence-corrected chi connectivity index (χ4v) is 3.75. The van der Waals surface area contributed by atoms with Crippen LogP contribution >= 0.6 is 0 Å². The van der Waals surface area contributed by atoms with E-state index in [1.54, 1.807) is 0 Å². The molecule has 2 rings (SSSR count). The molecule has 1 aromatic rings.